The van der Waals surface area contributed by atoms with Crippen LogP contribution in [-0.2, 0) is 19.1 Å². The number of hydrogen-bond acceptors (Lipinski definition) is 10. The lowest BCUT2D eigenvalue weighted by atomic mass is 9.90. The molecule has 66 heavy (non-hydrogen) atoms. The van der Waals surface area contributed by atoms with Crippen molar-refractivity contribution in [3.05, 3.63) is 72.3 Å². The molecule has 6 aliphatic rings. The minimum Gasteiger partial charge on any atom is -0.465 e. The lowest BCUT2D eigenvalue weighted by molar-refractivity contribution is -0.138. The molecular weight excluding hydrogens is 845 g/mol. The molecule has 2 aromatic carbocycles. The summed E-state index contributed by atoms with van der Waals surface area (Å²) in [6, 6.07) is 17.8. The van der Waals surface area contributed by atoms with Gasteiger partial charge in [0.1, 0.15) is 23.7 Å². The van der Waals surface area contributed by atoms with Crippen LogP contribution >= 0.6 is 0 Å². The third-order valence-electron chi connectivity index (χ3n) is 15.0. The molecule has 6 aromatic rings. The van der Waals surface area contributed by atoms with E-state index in [1.165, 1.54) is 0 Å². The van der Waals surface area contributed by atoms with Gasteiger partial charge in [-0.3, -0.25) is 9.59 Å². The molecule has 0 bridgehead atoms. The largest absolute Gasteiger partial charge is 0.465 e. The lowest BCUT2D eigenvalue weighted by Crippen LogP contribution is -2.53. The number of piperidine rings is 2. The van der Waals surface area contributed by atoms with Gasteiger partial charge in [0.05, 0.1) is 56.6 Å². The number of carbonyl (C=O) groups is 4. The van der Waals surface area contributed by atoms with Gasteiger partial charge in [-0.15, -0.1) is 0 Å². The summed E-state index contributed by atoms with van der Waals surface area (Å²) in [6.45, 7) is 2.04. The highest BCUT2D eigenvalue weighted by molar-refractivity contribution is 5.89. The van der Waals surface area contributed by atoms with Gasteiger partial charge in [-0.1, -0.05) is 12.1 Å². The van der Waals surface area contributed by atoms with Crippen molar-refractivity contribution in [1.29, 1.82) is 0 Å². The molecule has 0 spiro atoms. The maximum atomic E-state index is 14.2. The molecule has 18 heteroatoms. The molecule has 4 aromatic heterocycles. The highest BCUT2D eigenvalue weighted by Crippen LogP contribution is 2.55. The van der Waals surface area contributed by atoms with Gasteiger partial charge in [0.25, 0.3) is 0 Å². The molecule has 8 heterocycles. The van der Waals surface area contributed by atoms with Crippen molar-refractivity contribution in [2.75, 3.05) is 26.4 Å². The van der Waals surface area contributed by atoms with Crippen molar-refractivity contribution in [3.63, 3.8) is 0 Å². The number of amides is 4. The molecule has 2 unspecified atom stereocenters. The molecule has 6 N–H and O–H groups in total. The number of H-pyrrole nitrogens is 2. The third kappa shape index (κ3) is 7.35. The number of rotatable bonds is 10. The SMILES string of the molecule is O=C(O)N[C@@H](C(=O)N1C2C[C@@H]2C[C@H]1c1nc2ccc(-c3ccc4nc(-c5ccc6nc([C@@H]7C[C@H]8CC8N7C(=O)[C@H](NC(=O)O)C7CCOCC7)[nH]c6c5)ccc4n3)cc2[nH]1)C1CCOCC1. The van der Waals surface area contributed by atoms with Crippen molar-refractivity contribution in [3.8, 4) is 22.5 Å². The maximum absolute atomic E-state index is 14.2. The molecule has 8 atom stereocenters. The predicted molar refractivity (Wildman–Crippen MR) is 239 cm³/mol. The molecule has 2 aliphatic carbocycles. The number of carboxylic acid groups (broad SMARTS) is 2. The first-order valence-electron chi connectivity index (χ1n) is 23.2. The van der Waals surface area contributed by atoms with Crippen LogP contribution in [0.3, 0.4) is 0 Å². The van der Waals surface area contributed by atoms with E-state index in [2.05, 4.69) is 20.6 Å². The summed E-state index contributed by atoms with van der Waals surface area (Å²) < 4.78 is 11.0. The lowest BCUT2D eigenvalue weighted by Gasteiger charge is -2.35. The summed E-state index contributed by atoms with van der Waals surface area (Å²) in [6.07, 6.45) is 3.52. The van der Waals surface area contributed by atoms with Gasteiger partial charge in [-0.05, 0) is 124 Å². The Morgan fingerprint density at radius 1 is 0.561 bits per heavy atom. The first-order chi connectivity index (χ1) is 32.1. The Bertz CT molecular complexity index is 2730. The van der Waals surface area contributed by atoms with Crippen LogP contribution in [0.4, 0.5) is 9.59 Å². The number of likely N-dealkylation sites (tertiary alicyclic amines) is 2. The quantitative estimate of drug-likeness (QED) is 0.0906. The average molecular weight is 895 g/mol. The van der Waals surface area contributed by atoms with Gasteiger partial charge in [0.2, 0.25) is 11.8 Å². The second kappa shape index (κ2) is 16.0. The molecule has 18 nitrogen and oxygen atoms in total. The van der Waals surface area contributed by atoms with E-state index in [0.29, 0.717) is 75.6 Å². The highest BCUT2D eigenvalue weighted by atomic mass is 16.5. The summed E-state index contributed by atoms with van der Waals surface area (Å²) in [5.74, 6) is 1.56. The minimum atomic E-state index is -1.20. The van der Waals surface area contributed by atoms with E-state index in [1.807, 2.05) is 70.5 Å². The molecule has 340 valence electrons. The molecular formula is C48H50N10O8. The molecule has 12 rings (SSSR count). The molecule has 0 radical (unpaired) electrons. The Kier molecular flexibility index (Phi) is 9.92. The number of carbonyl (C=O) groups excluding carboxylic acids is 2. The fourth-order valence-corrected chi connectivity index (χ4v) is 11.5. The smallest absolute Gasteiger partial charge is 0.405 e. The minimum absolute atomic E-state index is 0.0891. The first kappa shape index (κ1) is 40.8. The van der Waals surface area contributed by atoms with Crippen LogP contribution in [0.2, 0.25) is 0 Å². The standard InChI is InChI=1S/C48H50N10O8/c59-45(41(55-47(61)62)23-9-13-65-14-10-23)57-37-19-27(37)21-39(57)43-51-33-3-1-25(17-35(33)53-43)29-5-7-32-31(49-29)8-6-30(50-32)26-2-4-34-36(18-26)54-44(52-34)40-22-28-20-38(28)58(40)46(60)42(56-48(63)64)24-11-15-66-16-12-24/h1-8,17-18,23-24,27-28,37-42,55-56H,9-16,19-22H2,(H,51,53)(H,52,54)(H,61,62)(H,63,64)/t27-,28-,37?,38?,39+,40+,41-,42-/m1/s1. The summed E-state index contributed by atoms with van der Waals surface area (Å²) >= 11 is 0. The number of fused-ring (bicyclic) bond motifs is 5. The second-order valence-electron chi connectivity index (χ2n) is 19.0. The zero-order valence-corrected chi connectivity index (χ0v) is 36.1. The summed E-state index contributed by atoms with van der Waals surface area (Å²) in [5, 5.41) is 24.4. The van der Waals surface area contributed by atoms with E-state index in [0.717, 1.165) is 81.3 Å². The van der Waals surface area contributed by atoms with Crippen LogP contribution in [0.5, 0.6) is 0 Å². The molecule has 4 aliphatic heterocycles. The number of nitrogens with one attached hydrogen (secondary N) is 4. The van der Waals surface area contributed by atoms with Crippen LogP contribution in [0, 0.1) is 23.7 Å². The van der Waals surface area contributed by atoms with Gasteiger partial charge >= 0.3 is 12.2 Å². The number of imidazole rings is 2. The van der Waals surface area contributed by atoms with E-state index in [1.54, 1.807) is 0 Å². The summed E-state index contributed by atoms with van der Waals surface area (Å²) in [5.41, 5.74) is 8.01. The molecule has 4 saturated heterocycles. The molecule has 2 saturated carbocycles. The number of aromatic amines is 2. The summed E-state index contributed by atoms with van der Waals surface area (Å²) in [7, 11) is 0. The van der Waals surface area contributed by atoms with E-state index < -0.39 is 24.3 Å². The Balaban J connectivity index is 0.767. The predicted octanol–water partition coefficient (Wildman–Crippen LogP) is 6.17. The van der Waals surface area contributed by atoms with Crippen molar-refractivity contribution in [2.24, 2.45) is 23.7 Å². The normalized spacial score (nSPS) is 26.0. The molecule has 6 fully saturated rings. The Morgan fingerprint density at radius 2 is 0.970 bits per heavy atom. The van der Waals surface area contributed by atoms with Crippen LogP contribution < -0.4 is 10.6 Å². The van der Waals surface area contributed by atoms with Gasteiger partial charge in [0, 0.05) is 49.6 Å². The number of nitrogens with zero attached hydrogens (tertiary/aromatic N) is 6. The Morgan fingerprint density at radius 3 is 1.38 bits per heavy atom. The maximum Gasteiger partial charge on any atom is 0.405 e. The fourth-order valence-electron chi connectivity index (χ4n) is 11.5. The number of aromatic nitrogens is 6. The van der Waals surface area contributed by atoms with Crippen molar-refractivity contribution < 1.29 is 38.9 Å². The Labute approximate surface area is 377 Å². The van der Waals surface area contributed by atoms with Crippen LogP contribution in [0.1, 0.15) is 75.1 Å². The van der Waals surface area contributed by atoms with Crippen LogP contribution in [0.25, 0.3) is 55.6 Å². The van der Waals surface area contributed by atoms with Gasteiger partial charge < -0.3 is 50.1 Å². The van der Waals surface area contributed by atoms with E-state index in [9.17, 15) is 29.4 Å². The second-order valence-corrected chi connectivity index (χ2v) is 19.0. The van der Waals surface area contributed by atoms with E-state index >= 15 is 0 Å². The molecule has 4 amide bonds. The van der Waals surface area contributed by atoms with Gasteiger partial charge in [0.15, 0.2) is 0 Å². The topological polar surface area (TPSA) is 241 Å². The number of ether oxygens (including phenoxy) is 2. The van der Waals surface area contributed by atoms with Gasteiger partial charge in [-0.2, -0.15) is 0 Å². The van der Waals surface area contributed by atoms with Crippen molar-refractivity contribution in [2.45, 2.75) is 87.6 Å². The van der Waals surface area contributed by atoms with Crippen molar-refractivity contribution in [1.82, 2.24) is 50.3 Å². The van der Waals surface area contributed by atoms with Crippen LogP contribution in [0.15, 0.2) is 60.7 Å². The van der Waals surface area contributed by atoms with Gasteiger partial charge in [-0.25, -0.2) is 29.5 Å². The van der Waals surface area contributed by atoms with E-state index in [4.69, 9.17) is 29.4 Å². The summed E-state index contributed by atoms with van der Waals surface area (Å²) in [4.78, 5) is 82.6. The number of hydrogen-bond donors (Lipinski definition) is 6. The van der Waals surface area contributed by atoms with E-state index in [-0.39, 0.29) is 47.8 Å². The fraction of sp³-hybridized carbons (Fsp3) is 0.458. The first-order valence-corrected chi connectivity index (χ1v) is 23.2. The third-order valence-corrected chi connectivity index (χ3v) is 15.0. The van der Waals surface area contributed by atoms with Crippen LogP contribution in [-0.4, -0.2) is 125 Å². The zero-order valence-electron chi connectivity index (χ0n) is 36.1. The number of pyridine rings is 2. The zero-order chi connectivity index (χ0) is 44.8. The number of benzene rings is 2. The Hall–Kier alpha value is -6.66. The highest BCUT2D eigenvalue weighted by Gasteiger charge is 2.58. The average Bonchev–Trinajstić information content (AvgIpc) is 3.99. The van der Waals surface area contributed by atoms with Crippen molar-refractivity contribution >= 4 is 57.1 Å². The monoisotopic (exact) mass is 894 g/mol.